The van der Waals surface area contributed by atoms with E-state index in [1.807, 2.05) is 23.6 Å². The molecule has 2 heterocycles. The lowest BCUT2D eigenvalue weighted by Gasteiger charge is -2.03. The van der Waals surface area contributed by atoms with Crippen molar-refractivity contribution in [3.63, 3.8) is 0 Å². The third kappa shape index (κ3) is 4.86. The summed E-state index contributed by atoms with van der Waals surface area (Å²) in [6.45, 7) is 0.669. The number of carbonyl (C=O) groups is 2. The number of carboxylic acids is 1. The van der Waals surface area contributed by atoms with Gasteiger partial charge in [-0.25, -0.2) is 4.98 Å². The second-order valence-electron chi connectivity index (χ2n) is 5.19. The number of hydrogen-bond donors (Lipinski definition) is 2. The van der Waals surface area contributed by atoms with E-state index in [0.29, 0.717) is 23.7 Å². The largest absolute Gasteiger partial charge is 0.481 e. The number of ether oxygens (including phenoxy) is 2. The van der Waals surface area contributed by atoms with Gasteiger partial charge in [-0.15, -0.1) is 23.1 Å². The average molecular weight is 380 g/mol. The Hall–Kier alpha value is -2.26. The maximum atomic E-state index is 11.9. The Morgan fingerprint density at radius 3 is 3.00 bits per heavy atom. The predicted octanol–water partition coefficient (Wildman–Crippen LogP) is 2.02. The minimum atomic E-state index is -0.852. The quantitative estimate of drug-likeness (QED) is 0.676. The van der Waals surface area contributed by atoms with Crippen molar-refractivity contribution in [2.45, 2.75) is 6.42 Å². The van der Waals surface area contributed by atoms with E-state index in [1.54, 1.807) is 0 Å². The molecule has 0 saturated carbocycles. The fraction of sp³-hybridized carbons (Fsp3) is 0.312. The molecule has 0 saturated heterocycles. The molecule has 0 radical (unpaired) electrons. The van der Waals surface area contributed by atoms with Gasteiger partial charge in [0.2, 0.25) is 12.7 Å². The third-order valence-corrected chi connectivity index (χ3v) is 5.19. The summed E-state index contributed by atoms with van der Waals surface area (Å²) in [6.07, 6.45) is 0.199. The van der Waals surface area contributed by atoms with Crippen molar-refractivity contribution in [3.05, 3.63) is 29.3 Å². The Kier molecular flexibility index (Phi) is 5.77. The summed E-state index contributed by atoms with van der Waals surface area (Å²) >= 11 is 2.74. The van der Waals surface area contributed by atoms with Gasteiger partial charge in [-0.05, 0) is 18.2 Å². The molecule has 1 aliphatic heterocycles. The number of fused-ring (bicyclic) bond motifs is 1. The van der Waals surface area contributed by atoms with E-state index in [9.17, 15) is 9.59 Å². The summed E-state index contributed by atoms with van der Waals surface area (Å²) < 4.78 is 10.7. The predicted molar refractivity (Wildman–Crippen MR) is 95.3 cm³/mol. The number of aliphatic carboxylic acids is 1. The Bertz CT molecular complexity index is 778. The maximum absolute atomic E-state index is 11.9. The van der Waals surface area contributed by atoms with Gasteiger partial charge in [0, 0.05) is 23.2 Å². The minimum Gasteiger partial charge on any atom is -0.481 e. The minimum absolute atomic E-state index is 0.0425. The van der Waals surface area contributed by atoms with Gasteiger partial charge in [0.25, 0.3) is 0 Å². The van der Waals surface area contributed by atoms with Gasteiger partial charge in [0.05, 0.1) is 17.9 Å². The number of nitrogens with one attached hydrogen (secondary N) is 1. The summed E-state index contributed by atoms with van der Waals surface area (Å²) in [7, 11) is 0. The van der Waals surface area contributed by atoms with Gasteiger partial charge < -0.3 is 19.9 Å². The number of nitrogens with zero attached hydrogens (tertiary/aromatic N) is 1. The lowest BCUT2D eigenvalue weighted by molar-refractivity contribution is -0.133. The van der Waals surface area contributed by atoms with Crippen LogP contribution in [0.1, 0.15) is 5.69 Å². The fourth-order valence-corrected chi connectivity index (χ4v) is 3.58. The van der Waals surface area contributed by atoms with Crippen LogP contribution in [0.4, 0.5) is 0 Å². The third-order valence-electron chi connectivity index (χ3n) is 3.31. The lowest BCUT2D eigenvalue weighted by Crippen LogP contribution is -2.27. The van der Waals surface area contributed by atoms with E-state index in [0.717, 1.165) is 16.3 Å². The van der Waals surface area contributed by atoms with Crippen molar-refractivity contribution < 1.29 is 24.2 Å². The summed E-state index contributed by atoms with van der Waals surface area (Å²) in [5.41, 5.74) is 1.62. The van der Waals surface area contributed by atoms with Crippen LogP contribution in [0.5, 0.6) is 11.5 Å². The van der Waals surface area contributed by atoms with E-state index in [1.165, 1.54) is 23.1 Å². The average Bonchev–Trinajstić information content (AvgIpc) is 3.22. The molecular formula is C16H16N2O5S2. The smallest absolute Gasteiger partial charge is 0.313 e. The summed E-state index contributed by atoms with van der Waals surface area (Å²) in [5, 5.41) is 14.0. The first-order valence-electron chi connectivity index (χ1n) is 7.52. The highest BCUT2D eigenvalue weighted by atomic mass is 32.2. The Morgan fingerprint density at radius 1 is 1.32 bits per heavy atom. The van der Waals surface area contributed by atoms with Crippen LogP contribution in [-0.2, 0) is 16.0 Å². The summed E-state index contributed by atoms with van der Waals surface area (Å²) in [4.78, 5) is 26.8. The van der Waals surface area contributed by atoms with Crippen LogP contribution in [0.25, 0.3) is 10.6 Å². The van der Waals surface area contributed by atoms with Crippen LogP contribution in [0, 0.1) is 0 Å². The molecule has 1 aliphatic rings. The zero-order chi connectivity index (χ0) is 17.6. The lowest BCUT2D eigenvalue weighted by atomic mass is 10.2. The molecule has 0 bridgehead atoms. The van der Waals surface area contributed by atoms with Gasteiger partial charge in [0.15, 0.2) is 11.5 Å². The second kappa shape index (κ2) is 8.21. The number of benzene rings is 1. The first kappa shape index (κ1) is 17.6. The number of rotatable bonds is 8. The topological polar surface area (TPSA) is 97.8 Å². The molecule has 7 nitrogen and oxygen atoms in total. The summed E-state index contributed by atoms with van der Waals surface area (Å²) in [5.74, 6) is 1.05. The number of thiazole rings is 1. The number of hydrogen-bond acceptors (Lipinski definition) is 7. The molecule has 0 unspecified atom stereocenters. The monoisotopic (exact) mass is 380 g/mol. The molecule has 0 fully saturated rings. The Balaban J connectivity index is 1.50. The first-order chi connectivity index (χ1) is 12.1. The molecule has 0 aliphatic carbocycles. The van der Waals surface area contributed by atoms with Gasteiger partial charge >= 0.3 is 5.97 Å². The van der Waals surface area contributed by atoms with E-state index in [2.05, 4.69) is 10.3 Å². The molecular weight excluding hydrogens is 364 g/mol. The number of carboxylic acid groups (broad SMARTS) is 1. The molecule has 132 valence electrons. The summed E-state index contributed by atoms with van der Waals surface area (Å²) in [6, 6.07) is 5.64. The van der Waals surface area contributed by atoms with Crippen LogP contribution in [0.2, 0.25) is 0 Å². The van der Waals surface area contributed by atoms with Gasteiger partial charge in [0.1, 0.15) is 5.01 Å². The Labute approximate surface area is 152 Å². The van der Waals surface area contributed by atoms with Gasteiger partial charge in [-0.2, -0.15) is 0 Å². The van der Waals surface area contributed by atoms with Crippen LogP contribution < -0.4 is 14.8 Å². The highest BCUT2D eigenvalue weighted by Gasteiger charge is 2.15. The Morgan fingerprint density at radius 2 is 2.16 bits per heavy atom. The zero-order valence-electron chi connectivity index (χ0n) is 13.2. The molecule has 25 heavy (non-hydrogen) atoms. The molecule has 1 aromatic heterocycles. The maximum Gasteiger partial charge on any atom is 0.313 e. The molecule has 2 N–H and O–H groups in total. The van der Waals surface area contributed by atoms with E-state index >= 15 is 0 Å². The molecule has 3 rings (SSSR count). The van der Waals surface area contributed by atoms with Crippen LogP contribution >= 0.6 is 23.1 Å². The number of carbonyl (C=O) groups excluding carboxylic acids is 1. The zero-order valence-corrected chi connectivity index (χ0v) is 14.8. The van der Waals surface area contributed by atoms with Crippen LogP contribution in [0.15, 0.2) is 23.6 Å². The van der Waals surface area contributed by atoms with Gasteiger partial charge in [-0.1, -0.05) is 0 Å². The number of amides is 1. The SMILES string of the molecule is O=C(O)CSCCNC(=O)Cc1csc(-c2ccc3c(c2)OCO3)n1. The molecule has 9 heteroatoms. The van der Waals surface area contributed by atoms with E-state index in [4.69, 9.17) is 14.6 Å². The molecule has 0 spiro atoms. The standard InChI is InChI=1S/C16H16N2O5S2/c19-14(17-3-4-24-8-15(20)21)6-11-7-25-16(18-11)10-1-2-12-13(5-10)23-9-22-12/h1-2,5,7H,3-4,6,8-9H2,(H,17,19)(H,20,21). The normalized spacial score (nSPS) is 12.2. The van der Waals surface area contributed by atoms with Crippen LogP contribution in [0.3, 0.4) is 0 Å². The highest BCUT2D eigenvalue weighted by Crippen LogP contribution is 2.36. The first-order valence-corrected chi connectivity index (χ1v) is 9.56. The molecule has 2 aromatic rings. The van der Waals surface area contributed by atoms with E-state index < -0.39 is 5.97 Å². The molecule has 1 amide bonds. The van der Waals surface area contributed by atoms with Crippen molar-refractivity contribution in [2.24, 2.45) is 0 Å². The number of thioether (sulfide) groups is 1. The fourth-order valence-electron chi connectivity index (χ4n) is 2.20. The van der Waals surface area contributed by atoms with Crippen molar-refractivity contribution in [3.8, 4) is 22.1 Å². The molecule has 0 atom stereocenters. The molecule has 1 aromatic carbocycles. The van der Waals surface area contributed by atoms with Crippen LogP contribution in [-0.4, -0.2) is 46.8 Å². The van der Waals surface area contributed by atoms with Crippen molar-refractivity contribution in [2.75, 3.05) is 24.8 Å². The second-order valence-corrected chi connectivity index (χ2v) is 7.15. The van der Waals surface area contributed by atoms with Crippen molar-refractivity contribution in [1.82, 2.24) is 10.3 Å². The van der Waals surface area contributed by atoms with Crippen molar-refractivity contribution in [1.29, 1.82) is 0 Å². The van der Waals surface area contributed by atoms with E-state index in [-0.39, 0.29) is 24.9 Å². The number of aromatic nitrogens is 1. The highest BCUT2D eigenvalue weighted by molar-refractivity contribution is 7.99. The van der Waals surface area contributed by atoms with Gasteiger partial charge in [-0.3, -0.25) is 9.59 Å². The van der Waals surface area contributed by atoms with Crippen molar-refractivity contribution >= 4 is 35.0 Å².